The van der Waals surface area contributed by atoms with E-state index in [0.717, 1.165) is 24.8 Å². The molecule has 1 aliphatic rings. The van der Waals surface area contributed by atoms with Crippen molar-refractivity contribution in [2.45, 2.75) is 36.6 Å². The number of carbonyl (C=O) groups is 1. The number of rotatable bonds is 6. The van der Waals surface area contributed by atoms with Crippen molar-refractivity contribution >= 4 is 34.0 Å². The minimum Gasteiger partial charge on any atom is -0.325 e. The Labute approximate surface area is 172 Å². The molecule has 1 saturated heterocycles. The van der Waals surface area contributed by atoms with Gasteiger partial charge in [-0.2, -0.15) is 4.31 Å². The number of nitrogens with two attached hydrogens (primary N) is 1. The number of benzene rings is 2. The van der Waals surface area contributed by atoms with Crippen LogP contribution in [-0.2, 0) is 21.2 Å². The van der Waals surface area contributed by atoms with Crippen LogP contribution in [0.25, 0.3) is 0 Å². The largest absolute Gasteiger partial charge is 0.325 e. The number of hydrogen-bond acceptors (Lipinski definition) is 4. The predicted molar refractivity (Wildman–Crippen MR) is 113 cm³/mol. The quantitative estimate of drug-likeness (QED) is 0.747. The maximum absolute atomic E-state index is 12.8. The average Bonchev–Trinajstić information content (AvgIpc) is 2.69. The van der Waals surface area contributed by atoms with Crippen molar-refractivity contribution in [3.05, 3.63) is 60.2 Å². The van der Waals surface area contributed by atoms with Crippen LogP contribution < -0.4 is 11.1 Å². The van der Waals surface area contributed by atoms with Gasteiger partial charge >= 0.3 is 0 Å². The van der Waals surface area contributed by atoms with Gasteiger partial charge in [0, 0.05) is 18.8 Å². The van der Waals surface area contributed by atoms with Crippen LogP contribution in [0.4, 0.5) is 5.69 Å². The summed E-state index contributed by atoms with van der Waals surface area (Å²) in [5, 5.41) is 2.73. The summed E-state index contributed by atoms with van der Waals surface area (Å²) in [6.07, 6.45) is 3.23. The lowest BCUT2D eigenvalue weighted by molar-refractivity contribution is -0.117. The molecule has 0 spiro atoms. The highest BCUT2D eigenvalue weighted by Crippen LogP contribution is 2.23. The van der Waals surface area contributed by atoms with Crippen molar-refractivity contribution in [3.63, 3.8) is 0 Å². The minimum absolute atomic E-state index is 0. The molecule has 3 rings (SSSR count). The van der Waals surface area contributed by atoms with Crippen molar-refractivity contribution in [1.82, 2.24) is 4.31 Å². The Balaban J connectivity index is 0.00000280. The van der Waals surface area contributed by atoms with Gasteiger partial charge in [-0.15, -0.1) is 12.4 Å². The number of amides is 1. The van der Waals surface area contributed by atoms with Gasteiger partial charge < -0.3 is 11.1 Å². The third-order valence-electron chi connectivity index (χ3n) is 4.69. The van der Waals surface area contributed by atoms with E-state index >= 15 is 0 Å². The highest BCUT2D eigenvalue weighted by atomic mass is 35.5. The molecule has 8 heteroatoms. The molecule has 152 valence electrons. The Morgan fingerprint density at radius 1 is 1.04 bits per heavy atom. The van der Waals surface area contributed by atoms with Gasteiger partial charge in [-0.3, -0.25) is 4.79 Å². The maximum Gasteiger partial charge on any atom is 0.243 e. The molecule has 2 aromatic carbocycles. The van der Waals surface area contributed by atoms with Crippen molar-refractivity contribution in [3.8, 4) is 0 Å². The highest BCUT2D eigenvalue weighted by molar-refractivity contribution is 7.89. The Bertz CT molecular complexity index is 885. The van der Waals surface area contributed by atoms with Crippen molar-refractivity contribution in [1.29, 1.82) is 0 Å². The molecule has 0 unspecified atom stereocenters. The fourth-order valence-corrected chi connectivity index (χ4v) is 4.75. The summed E-state index contributed by atoms with van der Waals surface area (Å²) in [6, 6.07) is 15.2. The lowest BCUT2D eigenvalue weighted by Gasteiger charge is -2.26. The first-order valence-electron chi connectivity index (χ1n) is 9.17. The number of hydrogen-bond donors (Lipinski definition) is 2. The zero-order valence-electron chi connectivity index (χ0n) is 15.6. The first-order valence-corrected chi connectivity index (χ1v) is 10.6. The zero-order valence-corrected chi connectivity index (χ0v) is 17.2. The molecular formula is C20H26ClN3O3S. The second kappa shape index (κ2) is 10.0. The molecule has 1 fully saturated rings. The van der Waals surface area contributed by atoms with Gasteiger partial charge in [0.15, 0.2) is 0 Å². The summed E-state index contributed by atoms with van der Waals surface area (Å²) in [5.41, 5.74) is 7.41. The minimum atomic E-state index is -3.54. The molecule has 6 nitrogen and oxygen atoms in total. The van der Waals surface area contributed by atoms with Crippen LogP contribution in [0.3, 0.4) is 0 Å². The number of piperidine rings is 1. The van der Waals surface area contributed by atoms with Crippen LogP contribution in [0.5, 0.6) is 0 Å². The molecule has 0 bridgehead atoms. The molecular weight excluding hydrogens is 398 g/mol. The number of halogens is 1. The lowest BCUT2D eigenvalue weighted by Crippen LogP contribution is -2.37. The molecule has 3 N–H and O–H groups in total. The van der Waals surface area contributed by atoms with E-state index in [0.29, 0.717) is 25.2 Å². The van der Waals surface area contributed by atoms with E-state index in [1.807, 2.05) is 30.3 Å². The maximum atomic E-state index is 12.8. The van der Waals surface area contributed by atoms with Gasteiger partial charge in [0.1, 0.15) is 0 Å². The van der Waals surface area contributed by atoms with Gasteiger partial charge in [0.2, 0.25) is 15.9 Å². The van der Waals surface area contributed by atoms with E-state index in [1.54, 1.807) is 18.2 Å². The van der Waals surface area contributed by atoms with Crippen LogP contribution >= 0.6 is 12.4 Å². The van der Waals surface area contributed by atoms with Gasteiger partial charge in [-0.05, 0) is 43.0 Å². The monoisotopic (exact) mass is 423 g/mol. The third kappa shape index (κ3) is 5.54. The third-order valence-corrected chi connectivity index (χ3v) is 6.58. The van der Waals surface area contributed by atoms with Gasteiger partial charge in [0.05, 0.1) is 10.9 Å². The molecule has 1 aliphatic heterocycles. The van der Waals surface area contributed by atoms with Crippen LogP contribution in [0.1, 0.15) is 24.8 Å². The smallest absolute Gasteiger partial charge is 0.243 e. The Hall–Kier alpha value is -1.93. The highest BCUT2D eigenvalue weighted by Gasteiger charge is 2.26. The molecule has 1 atom stereocenters. The Morgan fingerprint density at radius 2 is 1.71 bits per heavy atom. The van der Waals surface area contributed by atoms with E-state index in [1.165, 1.54) is 10.4 Å². The zero-order chi connectivity index (χ0) is 19.3. The Morgan fingerprint density at radius 3 is 2.39 bits per heavy atom. The number of nitrogens with one attached hydrogen (secondary N) is 1. The second-order valence-corrected chi connectivity index (χ2v) is 8.72. The van der Waals surface area contributed by atoms with Crippen molar-refractivity contribution < 1.29 is 13.2 Å². The SMILES string of the molecule is Cl.N[C@@H](Cc1ccccc1)C(=O)Nc1cccc(S(=O)(=O)N2CCCCC2)c1. The molecule has 2 aromatic rings. The molecule has 28 heavy (non-hydrogen) atoms. The normalized spacial score (nSPS) is 16.0. The summed E-state index contributed by atoms with van der Waals surface area (Å²) in [4.78, 5) is 12.6. The number of sulfonamides is 1. The van der Waals surface area contributed by atoms with Crippen LogP contribution in [0.15, 0.2) is 59.5 Å². The molecule has 0 aliphatic carbocycles. The molecule has 1 amide bonds. The van der Waals surface area contributed by atoms with Crippen LogP contribution in [-0.4, -0.2) is 37.8 Å². The second-order valence-electron chi connectivity index (χ2n) is 6.78. The van der Waals surface area contributed by atoms with E-state index < -0.39 is 16.1 Å². The predicted octanol–water partition coefficient (Wildman–Crippen LogP) is 2.79. The van der Waals surface area contributed by atoms with Crippen LogP contribution in [0.2, 0.25) is 0 Å². The topological polar surface area (TPSA) is 92.5 Å². The molecule has 0 aromatic heterocycles. The summed E-state index contributed by atoms with van der Waals surface area (Å²) in [6.45, 7) is 1.09. The summed E-state index contributed by atoms with van der Waals surface area (Å²) in [7, 11) is -3.54. The lowest BCUT2D eigenvalue weighted by atomic mass is 10.1. The molecule has 0 saturated carbocycles. The summed E-state index contributed by atoms with van der Waals surface area (Å²) in [5.74, 6) is -0.341. The Kier molecular flexibility index (Phi) is 8.00. The van der Waals surface area contributed by atoms with Crippen LogP contribution in [0, 0.1) is 0 Å². The molecule has 0 radical (unpaired) electrons. The average molecular weight is 424 g/mol. The van der Waals surface area contributed by atoms with Gasteiger partial charge in [-0.1, -0.05) is 42.8 Å². The van der Waals surface area contributed by atoms with E-state index in [9.17, 15) is 13.2 Å². The van der Waals surface area contributed by atoms with Gasteiger partial charge in [-0.25, -0.2) is 8.42 Å². The molecule has 1 heterocycles. The first kappa shape index (κ1) is 22.4. The van der Waals surface area contributed by atoms with E-state index in [-0.39, 0.29) is 23.2 Å². The standard InChI is InChI=1S/C20H25N3O3S.ClH/c21-19(14-16-8-3-1-4-9-16)20(24)22-17-10-7-11-18(15-17)27(25,26)23-12-5-2-6-13-23;/h1,3-4,7-11,15,19H,2,5-6,12-14,21H2,(H,22,24);1H/t19-;/m0./s1. The fourth-order valence-electron chi connectivity index (χ4n) is 3.18. The van der Waals surface area contributed by atoms with Crippen molar-refractivity contribution in [2.24, 2.45) is 5.73 Å². The van der Waals surface area contributed by atoms with Gasteiger partial charge in [0.25, 0.3) is 0 Å². The van der Waals surface area contributed by atoms with E-state index in [2.05, 4.69) is 5.32 Å². The number of nitrogens with zero attached hydrogens (tertiary/aromatic N) is 1. The fraction of sp³-hybridized carbons (Fsp3) is 0.350. The number of anilines is 1. The summed E-state index contributed by atoms with van der Waals surface area (Å²) >= 11 is 0. The van der Waals surface area contributed by atoms with E-state index in [4.69, 9.17) is 5.73 Å². The summed E-state index contributed by atoms with van der Waals surface area (Å²) < 4.78 is 27.1. The van der Waals surface area contributed by atoms with Crippen molar-refractivity contribution in [2.75, 3.05) is 18.4 Å². The first-order chi connectivity index (χ1) is 13.0. The number of carbonyl (C=O) groups excluding carboxylic acids is 1.